The molecular weight excluding hydrogens is 530 g/mol. The van der Waals surface area contributed by atoms with Crippen LogP contribution in [0.15, 0.2) is 18.2 Å². The average Bonchev–Trinajstić information content (AvgIpc) is 2.98. The van der Waals surface area contributed by atoms with Crippen molar-refractivity contribution >= 4 is 17.8 Å². The Morgan fingerprint density at radius 2 is 1.68 bits per heavy atom. The smallest absolute Gasteiger partial charge is 0.325 e. The number of aromatic nitrogens is 1. The van der Waals surface area contributed by atoms with Crippen LogP contribution in [0.2, 0.25) is 0 Å². The van der Waals surface area contributed by atoms with Crippen LogP contribution in [-0.2, 0) is 20.7 Å². The molecule has 3 rings (SSSR count). The second-order valence-electron chi connectivity index (χ2n) is 10.2. The molecule has 0 bridgehead atoms. The van der Waals surface area contributed by atoms with Gasteiger partial charge >= 0.3 is 5.97 Å². The van der Waals surface area contributed by atoms with E-state index in [0.717, 1.165) is 38.5 Å². The van der Waals surface area contributed by atoms with Crippen LogP contribution < -0.4 is 20.1 Å². The van der Waals surface area contributed by atoms with Gasteiger partial charge in [0, 0.05) is 0 Å². The van der Waals surface area contributed by atoms with Crippen LogP contribution in [0.3, 0.4) is 0 Å². The molecule has 1 fully saturated rings. The molecule has 2 amide bonds. The van der Waals surface area contributed by atoms with Gasteiger partial charge in [-0.05, 0) is 37.3 Å². The number of unbranched alkanes of at least 4 members (excludes halogenated alkanes) is 1. The third kappa shape index (κ3) is 7.80. The number of methoxy groups -OCH3 is 3. The number of amides is 2. The second kappa shape index (κ2) is 15.1. The van der Waals surface area contributed by atoms with E-state index in [9.17, 15) is 24.6 Å². The molecule has 0 aliphatic heterocycles. The van der Waals surface area contributed by atoms with Gasteiger partial charge in [0.2, 0.25) is 11.8 Å². The number of pyridine rings is 1. The zero-order chi connectivity index (χ0) is 29.9. The molecule has 1 aliphatic rings. The third-order valence-electron chi connectivity index (χ3n) is 7.45. The number of nitrogens with zero attached hydrogens (tertiary/aromatic N) is 1. The molecule has 0 radical (unpaired) electrons. The Balaban J connectivity index is 2.05. The lowest BCUT2D eigenvalue weighted by Crippen LogP contribution is -2.49. The second-order valence-corrected chi connectivity index (χ2v) is 10.2. The molecule has 0 saturated heterocycles. The lowest BCUT2D eigenvalue weighted by atomic mass is 9.84. The normalized spacial score (nSPS) is 14.1. The topological polar surface area (TPSA) is 156 Å². The Morgan fingerprint density at radius 3 is 2.27 bits per heavy atom. The predicted molar refractivity (Wildman–Crippen MR) is 152 cm³/mol. The molecule has 1 heterocycles. The summed E-state index contributed by atoms with van der Waals surface area (Å²) in [5, 5.41) is 27.6. The summed E-state index contributed by atoms with van der Waals surface area (Å²) < 4.78 is 15.7. The van der Waals surface area contributed by atoms with Crippen LogP contribution in [0.25, 0.3) is 11.1 Å². The fourth-order valence-corrected chi connectivity index (χ4v) is 5.27. The van der Waals surface area contributed by atoms with E-state index in [1.165, 1.54) is 21.3 Å². The van der Waals surface area contributed by atoms with E-state index in [0.29, 0.717) is 42.0 Å². The third-order valence-corrected chi connectivity index (χ3v) is 7.45. The molecule has 224 valence electrons. The van der Waals surface area contributed by atoms with Crippen LogP contribution in [0.5, 0.6) is 23.1 Å². The van der Waals surface area contributed by atoms with Gasteiger partial charge < -0.3 is 35.1 Å². The van der Waals surface area contributed by atoms with Crippen molar-refractivity contribution in [2.45, 2.75) is 70.8 Å². The van der Waals surface area contributed by atoms with Crippen LogP contribution in [0, 0.1) is 5.92 Å². The summed E-state index contributed by atoms with van der Waals surface area (Å²) in [7, 11) is 4.17. The van der Waals surface area contributed by atoms with Gasteiger partial charge in [-0.2, -0.15) is 0 Å². The molecule has 2 aromatic rings. The SMILES string of the molecule is CCCCc1nc(O)c(C(=O)NC(CC2CCCCC2)C(=O)NCC(=O)OC)c(O)c1-c1c(OC)cccc1OC. The molecule has 0 spiro atoms. The van der Waals surface area contributed by atoms with E-state index in [1.54, 1.807) is 18.2 Å². The van der Waals surface area contributed by atoms with E-state index in [-0.39, 0.29) is 18.0 Å². The molecule has 1 unspecified atom stereocenters. The highest BCUT2D eigenvalue weighted by Crippen LogP contribution is 2.47. The standard InChI is InChI=1S/C30H41N3O8/c1-5-6-13-19-24(25-21(39-2)14-10-15-22(25)40-3)27(35)26(29(37)32-19)30(38)33-20(16-18-11-8-7-9-12-18)28(36)31-17-23(34)41-4/h10,14-15,18,20H,5-9,11-13,16-17H2,1-4H3,(H,31,36)(H,33,38)(H2,32,35,37). The number of nitrogens with one attached hydrogen (secondary N) is 2. The van der Waals surface area contributed by atoms with E-state index < -0.39 is 41.0 Å². The first-order valence-corrected chi connectivity index (χ1v) is 14.1. The summed E-state index contributed by atoms with van der Waals surface area (Å²) in [6, 6.07) is 4.10. The van der Waals surface area contributed by atoms with Crippen LogP contribution in [0.1, 0.15) is 74.3 Å². The summed E-state index contributed by atoms with van der Waals surface area (Å²) in [6.45, 7) is 1.65. The summed E-state index contributed by atoms with van der Waals surface area (Å²) in [5.41, 5.74) is 0.491. The van der Waals surface area contributed by atoms with Crippen molar-refractivity contribution in [3.05, 3.63) is 29.5 Å². The van der Waals surface area contributed by atoms with Gasteiger partial charge in [-0.1, -0.05) is 51.5 Å². The molecule has 41 heavy (non-hydrogen) atoms. The van der Waals surface area contributed by atoms with Crippen molar-refractivity contribution in [1.29, 1.82) is 0 Å². The lowest BCUT2D eigenvalue weighted by molar-refractivity contribution is -0.141. The molecule has 1 saturated carbocycles. The Labute approximate surface area is 240 Å². The van der Waals surface area contributed by atoms with E-state index >= 15 is 0 Å². The number of carbonyl (C=O) groups excluding carboxylic acids is 3. The summed E-state index contributed by atoms with van der Waals surface area (Å²) in [5.74, 6) is -2.26. The van der Waals surface area contributed by atoms with Gasteiger partial charge in [0.25, 0.3) is 5.91 Å². The molecule has 1 aromatic carbocycles. The monoisotopic (exact) mass is 571 g/mol. The average molecular weight is 572 g/mol. The number of benzene rings is 1. The van der Waals surface area contributed by atoms with Gasteiger partial charge in [-0.25, -0.2) is 4.98 Å². The summed E-state index contributed by atoms with van der Waals surface area (Å²) in [4.78, 5) is 42.7. The molecular formula is C30H41N3O8. The number of carbonyl (C=O) groups is 3. The number of ether oxygens (including phenoxy) is 3. The van der Waals surface area contributed by atoms with Gasteiger partial charge in [-0.15, -0.1) is 0 Å². The predicted octanol–water partition coefficient (Wildman–Crippen LogP) is 3.88. The minimum Gasteiger partial charge on any atom is -0.506 e. The first kappa shape index (κ1) is 31.5. The van der Waals surface area contributed by atoms with Crippen LogP contribution >= 0.6 is 0 Å². The lowest BCUT2D eigenvalue weighted by Gasteiger charge is -2.27. The minimum absolute atomic E-state index is 0.197. The first-order valence-electron chi connectivity index (χ1n) is 14.1. The van der Waals surface area contributed by atoms with Gasteiger partial charge in [-0.3, -0.25) is 14.4 Å². The minimum atomic E-state index is -1.02. The van der Waals surface area contributed by atoms with Crippen molar-refractivity contribution < 1.29 is 38.8 Å². The van der Waals surface area contributed by atoms with Gasteiger partial charge in [0.15, 0.2) is 0 Å². The van der Waals surface area contributed by atoms with E-state index in [4.69, 9.17) is 9.47 Å². The van der Waals surface area contributed by atoms with Gasteiger partial charge in [0.05, 0.1) is 38.2 Å². The number of aromatic hydroxyl groups is 2. The summed E-state index contributed by atoms with van der Waals surface area (Å²) >= 11 is 0. The molecule has 1 aliphatic carbocycles. The Hall–Kier alpha value is -4.02. The maximum absolute atomic E-state index is 13.6. The number of esters is 1. The van der Waals surface area contributed by atoms with Crippen molar-refractivity contribution in [1.82, 2.24) is 15.6 Å². The molecule has 11 heteroatoms. The zero-order valence-corrected chi connectivity index (χ0v) is 24.2. The highest BCUT2D eigenvalue weighted by atomic mass is 16.5. The number of hydrogen-bond donors (Lipinski definition) is 4. The molecule has 11 nitrogen and oxygen atoms in total. The van der Waals surface area contributed by atoms with Crippen molar-refractivity contribution in [2.24, 2.45) is 5.92 Å². The number of aryl methyl sites for hydroxylation is 1. The van der Waals surface area contributed by atoms with Gasteiger partial charge in [0.1, 0.15) is 35.4 Å². The largest absolute Gasteiger partial charge is 0.506 e. The number of rotatable bonds is 13. The Kier molecular flexibility index (Phi) is 11.6. The Bertz CT molecular complexity index is 1200. The highest BCUT2D eigenvalue weighted by Gasteiger charge is 2.32. The van der Waals surface area contributed by atoms with E-state index in [2.05, 4.69) is 20.4 Å². The first-order chi connectivity index (χ1) is 19.7. The molecule has 4 N–H and O–H groups in total. The van der Waals surface area contributed by atoms with E-state index in [1.807, 2.05) is 6.92 Å². The maximum Gasteiger partial charge on any atom is 0.325 e. The van der Waals surface area contributed by atoms with Crippen LogP contribution in [0.4, 0.5) is 0 Å². The molecule has 1 atom stereocenters. The van der Waals surface area contributed by atoms with Crippen LogP contribution in [-0.4, -0.2) is 66.9 Å². The highest BCUT2D eigenvalue weighted by molar-refractivity contribution is 6.04. The zero-order valence-electron chi connectivity index (χ0n) is 24.2. The van der Waals surface area contributed by atoms with Crippen molar-refractivity contribution in [3.8, 4) is 34.3 Å². The van der Waals surface area contributed by atoms with Crippen molar-refractivity contribution in [3.63, 3.8) is 0 Å². The maximum atomic E-state index is 13.6. The molecule has 1 aromatic heterocycles. The quantitative estimate of drug-likeness (QED) is 0.262. The fourth-order valence-electron chi connectivity index (χ4n) is 5.27. The van der Waals surface area contributed by atoms with Crippen molar-refractivity contribution in [2.75, 3.05) is 27.9 Å². The fraction of sp³-hybridized carbons (Fsp3) is 0.533. The number of hydrogen-bond acceptors (Lipinski definition) is 9. The summed E-state index contributed by atoms with van der Waals surface area (Å²) in [6.07, 6.45) is 7.31. The Morgan fingerprint density at radius 1 is 1.02 bits per heavy atom.